The Kier molecular flexibility index (Phi) is 7.89. The lowest BCUT2D eigenvalue weighted by Crippen LogP contribution is -2.54. The van der Waals surface area contributed by atoms with Gasteiger partial charge in [-0.25, -0.2) is 4.79 Å². The van der Waals surface area contributed by atoms with Crippen LogP contribution >= 0.6 is 0 Å². The van der Waals surface area contributed by atoms with E-state index in [0.29, 0.717) is 29.5 Å². The molecule has 0 radical (unpaired) electrons. The van der Waals surface area contributed by atoms with Crippen LogP contribution in [0.3, 0.4) is 0 Å². The van der Waals surface area contributed by atoms with Crippen LogP contribution in [0.15, 0.2) is 30.3 Å². The number of fused-ring (bicyclic) bond motifs is 5. The number of amides is 1. The highest BCUT2D eigenvalue weighted by atomic mass is 16.5. The molecule has 0 aromatic heterocycles. The molecule has 0 saturated heterocycles. The van der Waals surface area contributed by atoms with Crippen molar-refractivity contribution in [1.82, 2.24) is 5.32 Å². The zero-order chi connectivity index (χ0) is 27.8. The second-order valence-corrected chi connectivity index (χ2v) is 13.1. The predicted molar refractivity (Wildman–Crippen MR) is 146 cm³/mol. The molecule has 1 aromatic carbocycles. The van der Waals surface area contributed by atoms with Crippen LogP contribution in [-0.4, -0.2) is 40.9 Å². The van der Waals surface area contributed by atoms with Crippen molar-refractivity contribution in [3.63, 3.8) is 0 Å². The predicted octanol–water partition coefficient (Wildman–Crippen LogP) is 5.10. The van der Waals surface area contributed by atoms with Crippen LogP contribution in [-0.2, 0) is 30.3 Å². The Hall–Kier alpha value is -2.70. The fourth-order valence-corrected chi connectivity index (χ4v) is 8.94. The van der Waals surface area contributed by atoms with E-state index in [2.05, 4.69) is 19.2 Å². The Labute approximate surface area is 231 Å². The zero-order valence-electron chi connectivity index (χ0n) is 23.3. The quantitative estimate of drug-likeness (QED) is 0.447. The number of carboxylic acid groups (broad SMARTS) is 1. The average Bonchev–Trinajstić information content (AvgIpc) is 3.24. The van der Waals surface area contributed by atoms with Gasteiger partial charge in [0.2, 0.25) is 5.91 Å². The number of hydrogen-bond donors (Lipinski definition) is 2. The van der Waals surface area contributed by atoms with Crippen molar-refractivity contribution in [1.29, 1.82) is 0 Å². The number of esters is 1. The van der Waals surface area contributed by atoms with Gasteiger partial charge in [0.25, 0.3) is 0 Å². The normalized spacial score (nSPS) is 36.2. The summed E-state index contributed by atoms with van der Waals surface area (Å²) in [5.41, 5.74) is 1.04. The van der Waals surface area contributed by atoms with Gasteiger partial charge in [-0.15, -0.1) is 0 Å². The van der Waals surface area contributed by atoms with Crippen molar-refractivity contribution in [2.24, 2.45) is 34.5 Å². The van der Waals surface area contributed by atoms with E-state index in [-0.39, 0.29) is 42.2 Å². The minimum Gasteiger partial charge on any atom is -0.480 e. The van der Waals surface area contributed by atoms with Gasteiger partial charge in [0.05, 0.1) is 6.42 Å². The molecular weight excluding hydrogens is 494 g/mol. The summed E-state index contributed by atoms with van der Waals surface area (Å²) in [5.74, 6) is 0.841. The molecule has 0 aliphatic heterocycles. The molecular formula is C32H43NO6. The van der Waals surface area contributed by atoms with E-state index in [4.69, 9.17) is 4.74 Å². The third-order valence-corrected chi connectivity index (χ3v) is 11.1. The molecule has 1 amide bonds. The van der Waals surface area contributed by atoms with Crippen LogP contribution < -0.4 is 5.32 Å². The number of rotatable bonds is 8. The molecule has 7 heteroatoms. The van der Waals surface area contributed by atoms with Gasteiger partial charge in [-0.05, 0) is 79.6 Å². The van der Waals surface area contributed by atoms with E-state index in [1.165, 1.54) is 6.42 Å². The van der Waals surface area contributed by atoms with E-state index in [1.807, 2.05) is 30.3 Å². The van der Waals surface area contributed by atoms with Crippen LogP contribution in [0.25, 0.3) is 0 Å². The topological polar surface area (TPSA) is 110 Å². The van der Waals surface area contributed by atoms with Crippen molar-refractivity contribution < 1.29 is 29.0 Å². The SMILES string of the molecule is C[C@@]12CC[C@H]3[C@@H](CC[C@@H]4CC(=O)CC[C@@]43C)[C@H]1CC[C@@H]2OC(=O)CCC(=O)N[C@@H](Cc1ccccc1)C(=O)O. The fraction of sp³-hybridized carbons (Fsp3) is 0.688. The Morgan fingerprint density at radius 3 is 2.46 bits per heavy atom. The number of Topliss-reactive ketones (excluding diaryl/α,β-unsaturated/α-hetero) is 1. The second kappa shape index (κ2) is 11.1. The second-order valence-electron chi connectivity index (χ2n) is 13.1. The van der Waals surface area contributed by atoms with Gasteiger partial charge in [0.1, 0.15) is 17.9 Å². The number of carbonyl (C=O) groups excluding carboxylic acids is 3. The van der Waals surface area contributed by atoms with Crippen LogP contribution in [0, 0.1) is 34.5 Å². The minimum atomic E-state index is -1.10. The summed E-state index contributed by atoms with van der Waals surface area (Å²) in [6.07, 6.45) is 8.82. The van der Waals surface area contributed by atoms with Crippen LogP contribution in [0.1, 0.15) is 90.0 Å². The van der Waals surface area contributed by atoms with Crippen molar-refractivity contribution in [2.45, 2.75) is 103 Å². The summed E-state index contributed by atoms with van der Waals surface area (Å²) in [4.78, 5) is 49.2. The summed E-state index contributed by atoms with van der Waals surface area (Å²) in [6, 6.07) is 8.12. The van der Waals surface area contributed by atoms with Gasteiger partial charge in [0, 0.05) is 31.1 Å². The lowest BCUT2D eigenvalue weighted by Gasteiger charge is -2.60. The molecule has 39 heavy (non-hydrogen) atoms. The molecule has 0 unspecified atom stereocenters. The molecule has 212 valence electrons. The number of carbonyl (C=O) groups is 4. The van der Waals surface area contributed by atoms with E-state index in [9.17, 15) is 24.3 Å². The summed E-state index contributed by atoms with van der Waals surface area (Å²) in [7, 11) is 0. The molecule has 4 aliphatic carbocycles. The van der Waals surface area contributed by atoms with Gasteiger partial charge in [0.15, 0.2) is 0 Å². The van der Waals surface area contributed by atoms with Crippen LogP contribution in [0.4, 0.5) is 0 Å². The minimum absolute atomic E-state index is 0.0448. The maximum absolute atomic E-state index is 12.8. The molecule has 7 nitrogen and oxygen atoms in total. The van der Waals surface area contributed by atoms with E-state index >= 15 is 0 Å². The number of ether oxygens (including phenoxy) is 1. The number of hydrogen-bond acceptors (Lipinski definition) is 5. The Morgan fingerprint density at radius 2 is 1.72 bits per heavy atom. The van der Waals surface area contributed by atoms with Crippen molar-refractivity contribution >= 4 is 23.6 Å². The highest BCUT2D eigenvalue weighted by Gasteiger charge is 2.61. The summed E-state index contributed by atoms with van der Waals surface area (Å²) >= 11 is 0. The van der Waals surface area contributed by atoms with E-state index in [0.717, 1.165) is 56.9 Å². The van der Waals surface area contributed by atoms with Crippen molar-refractivity contribution in [2.75, 3.05) is 0 Å². The molecule has 4 fully saturated rings. The molecule has 1 aromatic rings. The maximum Gasteiger partial charge on any atom is 0.326 e. The first-order valence-electron chi connectivity index (χ1n) is 14.9. The highest BCUT2D eigenvalue weighted by Crippen LogP contribution is 2.66. The van der Waals surface area contributed by atoms with Crippen LogP contribution in [0.2, 0.25) is 0 Å². The third kappa shape index (κ3) is 5.51. The number of benzene rings is 1. The average molecular weight is 538 g/mol. The van der Waals surface area contributed by atoms with Gasteiger partial charge >= 0.3 is 11.9 Å². The highest BCUT2D eigenvalue weighted by molar-refractivity contribution is 5.86. The summed E-state index contributed by atoms with van der Waals surface area (Å²) < 4.78 is 6.03. The number of nitrogens with one attached hydrogen (secondary N) is 1. The third-order valence-electron chi connectivity index (χ3n) is 11.1. The molecule has 0 bridgehead atoms. The lowest BCUT2D eigenvalue weighted by atomic mass is 9.45. The van der Waals surface area contributed by atoms with Gasteiger partial charge in [-0.2, -0.15) is 0 Å². The monoisotopic (exact) mass is 537 g/mol. The lowest BCUT2D eigenvalue weighted by molar-refractivity contribution is -0.164. The standard InChI is InChI=1S/C32H43NO6/c1-31-16-14-22(34)19-21(31)8-9-23-24-10-11-27(32(24,2)17-15-25(23)31)39-29(36)13-12-28(35)33-26(30(37)38)18-20-6-4-3-5-7-20/h3-7,21,23-27H,8-19H2,1-2H3,(H,33,35)(H,37,38)/t21-,23+,24-,25+,26+,27+,31+,32-/m1/s1. The van der Waals surface area contributed by atoms with E-state index in [1.54, 1.807) is 0 Å². The first-order chi connectivity index (χ1) is 18.6. The largest absolute Gasteiger partial charge is 0.480 e. The maximum atomic E-state index is 12.8. The van der Waals surface area contributed by atoms with Gasteiger partial charge in [-0.1, -0.05) is 44.2 Å². The zero-order valence-corrected chi connectivity index (χ0v) is 23.3. The molecule has 0 heterocycles. The summed E-state index contributed by atoms with van der Waals surface area (Å²) in [5, 5.41) is 12.1. The Morgan fingerprint density at radius 1 is 0.974 bits per heavy atom. The summed E-state index contributed by atoms with van der Waals surface area (Å²) in [6.45, 7) is 4.74. The van der Waals surface area contributed by atoms with Gasteiger partial charge < -0.3 is 15.2 Å². The molecule has 8 atom stereocenters. The van der Waals surface area contributed by atoms with Gasteiger partial charge in [-0.3, -0.25) is 14.4 Å². The smallest absolute Gasteiger partial charge is 0.326 e. The van der Waals surface area contributed by atoms with Crippen molar-refractivity contribution in [3.8, 4) is 0 Å². The van der Waals surface area contributed by atoms with E-state index < -0.39 is 17.9 Å². The van der Waals surface area contributed by atoms with Crippen LogP contribution in [0.5, 0.6) is 0 Å². The number of aliphatic carboxylic acids is 1. The Balaban J connectivity index is 1.14. The first-order valence-corrected chi connectivity index (χ1v) is 14.9. The molecule has 4 aliphatic rings. The number of ketones is 1. The molecule has 5 rings (SSSR count). The fourth-order valence-electron chi connectivity index (χ4n) is 8.94. The number of carboxylic acids is 1. The first kappa shape index (κ1) is 27.9. The van der Waals surface area contributed by atoms with Crippen molar-refractivity contribution in [3.05, 3.63) is 35.9 Å². The molecule has 0 spiro atoms. The molecule has 2 N–H and O–H groups in total. The Bertz CT molecular complexity index is 1100. The molecule has 4 saturated carbocycles.